The Kier molecular flexibility index (Phi) is 13.3. The van der Waals surface area contributed by atoms with Crippen molar-refractivity contribution in [2.24, 2.45) is 17.8 Å². The second kappa shape index (κ2) is 14.9. The summed E-state index contributed by atoms with van der Waals surface area (Å²) in [5.41, 5.74) is 0. The molecule has 0 aromatic carbocycles. The highest BCUT2D eigenvalue weighted by atomic mass is 16.5. The fourth-order valence-corrected chi connectivity index (χ4v) is 4.31. The monoisotopic (exact) mass is 396 g/mol. The first-order valence-corrected chi connectivity index (χ1v) is 11.9. The smallest absolute Gasteiger partial charge is 0.310 e. The molecule has 0 radical (unpaired) electrons. The zero-order valence-corrected chi connectivity index (χ0v) is 18.6. The number of rotatable bonds is 15. The van der Waals surface area contributed by atoms with Gasteiger partial charge >= 0.3 is 11.9 Å². The number of carboxylic acids is 1. The number of aliphatic carboxylic acids is 1. The summed E-state index contributed by atoms with van der Waals surface area (Å²) in [6.45, 7) is 6.43. The third-order valence-corrected chi connectivity index (χ3v) is 6.24. The van der Waals surface area contributed by atoms with Crippen LogP contribution in [0.1, 0.15) is 117 Å². The fraction of sp³-hybridized carbons (Fsp3) is 0.917. The Balaban J connectivity index is 2.25. The summed E-state index contributed by atoms with van der Waals surface area (Å²) < 4.78 is 5.81. The molecule has 1 saturated carbocycles. The van der Waals surface area contributed by atoms with E-state index in [4.69, 9.17) is 4.74 Å². The summed E-state index contributed by atoms with van der Waals surface area (Å²) >= 11 is 0. The number of carbonyl (C=O) groups is 2. The maximum atomic E-state index is 12.6. The van der Waals surface area contributed by atoms with E-state index in [1.807, 2.05) is 0 Å². The van der Waals surface area contributed by atoms with Crippen LogP contribution in [0.5, 0.6) is 0 Å². The minimum Gasteiger partial charge on any atom is -0.481 e. The van der Waals surface area contributed by atoms with Crippen LogP contribution in [-0.4, -0.2) is 23.1 Å². The Morgan fingerprint density at radius 1 is 0.857 bits per heavy atom. The lowest BCUT2D eigenvalue weighted by molar-refractivity contribution is -0.165. The Bertz CT molecular complexity index is 432. The van der Waals surface area contributed by atoms with Gasteiger partial charge < -0.3 is 9.84 Å². The van der Waals surface area contributed by atoms with Crippen LogP contribution in [0, 0.1) is 17.8 Å². The van der Waals surface area contributed by atoms with Gasteiger partial charge in [-0.25, -0.2) is 0 Å². The maximum absolute atomic E-state index is 12.6. The van der Waals surface area contributed by atoms with Crippen molar-refractivity contribution >= 4 is 11.9 Å². The van der Waals surface area contributed by atoms with E-state index in [0.717, 1.165) is 25.7 Å². The van der Waals surface area contributed by atoms with Gasteiger partial charge in [0, 0.05) is 0 Å². The second-order valence-electron chi connectivity index (χ2n) is 9.03. The summed E-state index contributed by atoms with van der Waals surface area (Å²) in [6.07, 6.45) is 16.8. The van der Waals surface area contributed by atoms with Crippen LogP contribution in [0.3, 0.4) is 0 Å². The van der Waals surface area contributed by atoms with Crippen LogP contribution in [-0.2, 0) is 14.3 Å². The molecule has 0 saturated heterocycles. The van der Waals surface area contributed by atoms with E-state index in [2.05, 4.69) is 20.8 Å². The standard InChI is InChI=1S/C24H44O4/c1-4-5-6-7-8-9-10-11-12-13-18-22(19(2)3)28-24(27)21-17-15-14-16-20(21)23(25)26/h19-22H,4-18H2,1-3H3,(H,25,26). The molecule has 0 aromatic heterocycles. The van der Waals surface area contributed by atoms with Gasteiger partial charge in [-0.15, -0.1) is 0 Å². The molecular weight excluding hydrogens is 352 g/mol. The van der Waals surface area contributed by atoms with Crippen molar-refractivity contribution in [1.82, 2.24) is 0 Å². The molecule has 28 heavy (non-hydrogen) atoms. The lowest BCUT2D eigenvalue weighted by Gasteiger charge is -2.30. The second-order valence-corrected chi connectivity index (χ2v) is 9.03. The van der Waals surface area contributed by atoms with E-state index in [9.17, 15) is 14.7 Å². The van der Waals surface area contributed by atoms with Gasteiger partial charge in [0.25, 0.3) is 0 Å². The van der Waals surface area contributed by atoms with Crippen molar-refractivity contribution in [3.8, 4) is 0 Å². The Morgan fingerprint density at radius 3 is 1.86 bits per heavy atom. The molecule has 0 aromatic rings. The molecule has 1 aliphatic carbocycles. The largest absolute Gasteiger partial charge is 0.481 e. The molecule has 0 amide bonds. The Hall–Kier alpha value is -1.06. The molecular formula is C24H44O4. The number of unbranched alkanes of at least 4 members (excludes halogenated alkanes) is 9. The molecule has 0 aliphatic heterocycles. The van der Waals surface area contributed by atoms with Crippen LogP contribution in [0.4, 0.5) is 0 Å². The Morgan fingerprint density at radius 2 is 1.36 bits per heavy atom. The van der Waals surface area contributed by atoms with Crippen molar-refractivity contribution in [3.63, 3.8) is 0 Å². The zero-order valence-electron chi connectivity index (χ0n) is 18.6. The van der Waals surface area contributed by atoms with Gasteiger partial charge in [-0.05, 0) is 31.6 Å². The number of ether oxygens (including phenoxy) is 1. The van der Waals surface area contributed by atoms with E-state index in [1.165, 1.54) is 57.8 Å². The van der Waals surface area contributed by atoms with Crippen LogP contribution < -0.4 is 0 Å². The molecule has 4 nitrogen and oxygen atoms in total. The van der Waals surface area contributed by atoms with Crippen LogP contribution in [0.15, 0.2) is 0 Å². The van der Waals surface area contributed by atoms with Crippen LogP contribution in [0.2, 0.25) is 0 Å². The van der Waals surface area contributed by atoms with Crippen molar-refractivity contribution in [3.05, 3.63) is 0 Å². The summed E-state index contributed by atoms with van der Waals surface area (Å²) in [5, 5.41) is 9.40. The predicted molar refractivity (Wildman–Crippen MR) is 114 cm³/mol. The molecule has 0 spiro atoms. The SMILES string of the molecule is CCCCCCCCCCCCC(OC(=O)C1CCCCC1C(=O)O)C(C)C. The molecule has 164 valence electrons. The van der Waals surface area contributed by atoms with Crippen molar-refractivity contribution in [1.29, 1.82) is 0 Å². The molecule has 4 heteroatoms. The molecule has 0 heterocycles. The average Bonchev–Trinajstić information content (AvgIpc) is 2.68. The topological polar surface area (TPSA) is 63.6 Å². The highest BCUT2D eigenvalue weighted by Crippen LogP contribution is 2.32. The third kappa shape index (κ3) is 9.93. The van der Waals surface area contributed by atoms with E-state index in [-0.39, 0.29) is 18.0 Å². The highest BCUT2D eigenvalue weighted by Gasteiger charge is 2.37. The first-order chi connectivity index (χ1) is 13.5. The van der Waals surface area contributed by atoms with Gasteiger partial charge in [0.2, 0.25) is 0 Å². The van der Waals surface area contributed by atoms with E-state index in [1.54, 1.807) is 0 Å². The van der Waals surface area contributed by atoms with Gasteiger partial charge in [0.1, 0.15) is 6.10 Å². The minimum absolute atomic E-state index is 0.0853. The van der Waals surface area contributed by atoms with Crippen molar-refractivity contribution < 1.29 is 19.4 Å². The van der Waals surface area contributed by atoms with E-state index in [0.29, 0.717) is 12.8 Å². The van der Waals surface area contributed by atoms with Gasteiger partial charge in [-0.1, -0.05) is 91.4 Å². The Labute approximate surface area is 172 Å². The van der Waals surface area contributed by atoms with Crippen molar-refractivity contribution in [2.75, 3.05) is 0 Å². The summed E-state index contributed by atoms with van der Waals surface area (Å²) in [7, 11) is 0. The van der Waals surface area contributed by atoms with Crippen LogP contribution >= 0.6 is 0 Å². The van der Waals surface area contributed by atoms with Gasteiger partial charge in [0.05, 0.1) is 11.8 Å². The lowest BCUT2D eigenvalue weighted by Crippen LogP contribution is -2.36. The number of hydrogen-bond acceptors (Lipinski definition) is 3. The van der Waals surface area contributed by atoms with Crippen molar-refractivity contribution in [2.45, 2.75) is 123 Å². The van der Waals surface area contributed by atoms with Gasteiger partial charge in [-0.2, -0.15) is 0 Å². The molecule has 1 N–H and O–H groups in total. The number of hydrogen-bond donors (Lipinski definition) is 1. The third-order valence-electron chi connectivity index (χ3n) is 6.24. The molecule has 1 rings (SSSR count). The van der Waals surface area contributed by atoms with Gasteiger partial charge in [-0.3, -0.25) is 9.59 Å². The van der Waals surface area contributed by atoms with E-state index >= 15 is 0 Å². The average molecular weight is 397 g/mol. The quantitative estimate of drug-likeness (QED) is 0.245. The van der Waals surface area contributed by atoms with Crippen LogP contribution in [0.25, 0.3) is 0 Å². The molecule has 0 bridgehead atoms. The molecule has 3 atom stereocenters. The maximum Gasteiger partial charge on any atom is 0.310 e. The summed E-state index contributed by atoms with van der Waals surface area (Å²) in [4.78, 5) is 24.1. The lowest BCUT2D eigenvalue weighted by atomic mass is 9.79. The predicted octanol–water partition coefficient (Wildman–Crippen LogP) is 6.76. The van der Waals surface area contributed by atoms with E-state index < -0.39 is 17.8 Å². The summed E-state index contributed by atoms with van der Waals surface area (Å²) in [6, 6.07) is 0. The van der Waals surface area contributed by atoms with Gasteiger partial charge in [0.15, 0.2) is 0 Å². The molecule has 3 unspecified atom stereocenters. The molecule has 1 aliphatic rings. The number of carbonyl (C=O) groups excluding carboxylic acids is 1. The highest BCUT2D eigenvalue weighted by molar-refractivity contribution is 5.81. The first kappa shape index (κ1) is 25.0. The number of carboxylic acid groups (broad SMARTS) is 1. The first-order valence-electron chi connectivity index (χ1n) is 11.9. The number of esters is 1. The zero-order chi connectivity index (χ0) is 20.8. The normalized spacial score (nSPS) is 20.9. The fourth-order valence-electron chi connectivity index (χ4n) is 4.31. The molecule has 1 fully saturated rings. The minimum atomic E-state index is -0.850. The summed E-state index contributed by atoms with van der Waals surface area (Å²) in [5.74, 6) is -1.88.